The summed E-state index contributed by atoms with van der Waals surface area (Å²) in [6.45, 7) is 0.163. The molecule has 1 amide bonds. The minimum absolute atomic E-state index is 0.0321. The number of hydrogen-bond acceptors (Lipinski definition) is 6. The third kappa shape index (κ3) is 5.64. The maximum absolute atomic E-state index is 13.1. The maximum Gasteiger partial charge on any atom is 0.251 e. The fourth-order valence-electron chi connectivity index (χ4n) is 3.50. The van der Waals surface area contributed by atoms with Crippen molar-refractivity contribution in [3.63, 3.8) is 0 Å². The van der Waals surface area contributed by atoms with Crippen molar-refractivity contribution < 1.29 is 13.2 Å². The van der Waals surface area contributed by atoms with Gasteiger partial charge in [-0.3, -0.25) is 9.20 Å². The fraction of sp³-hybridized carbons (Fsp3) is 0.208. The topological polar surface area (TPSA) is 105 Å². The highest BCUT2D eigenvalue weighted by atomic mass is 32.2. The first kappa shape index (κ1) is 23.9. The van der Waals surface area contributed by atoms with Gasteiger partial charge in [0.1, 0.15) is 0 Å². The number of benzene rings is 2. The summed E-state index contributed by atoms with van der Waals surface area (Å²) in [5, 5.41) is 11.5. The largest absolute Gasteiger partial charge is 0.342 e. The lowest BCUT2D eigenvalue weighted by Crippen LogP contribution is -2.31. The van der Waals surface area contributed by atoms with Crippen LogP contribution < -0.4 is 10.0 Å². The number of nitrogens with zero attached hydrogens (tertiary/aromatic N) is 3. The van der Waals surface area contributed by atoms with E-state index in [4.69, 9.17) is 0 Å². The lowest BCUT2D eigenvalue weighted by atomic mass is 10.1. The number of aromatic nitrogens is 3. The van der Waals surface area contributed by atoms with Crippen LogP contribution in [0.4, 0.5) is 0 Å². The summed E-state index contributed by atoms with van der Waals surface area (Å²) in [6.07, 6.45) is 4.51. The van der Waals surface area contributed by atoms with E-state index in [1.54, 1.807) is 23.9 Å². The smallest absolute Gasteiger partial charge is 0.251 e. The molecule has 1 atom stereocenters. The molecule has 4 rings (SSSR count). The lowest BCUT2D eigenvalue weighted by Gasteiger charge is -2.17. The molecule has 176 valence electrons. The van der Waals surface area contributed by atoms with Crippen LogP contribution in [0.15, 0.2) is 83.9 Å². The van der Waals surface area contributed by atoms with Crippen LogP contribution in [-0.2, 0) is 16.6 Å². The molecule has 2 heterocycles. The predicted molar refractivity (Wildman–Crippen MR) is 133 cm³/mol. The van der Waals surface area contributed by atoms with Gasteiger partial charge in [0.25, 0.3) is 5.91 Å². The van der Waals surface area contributed by atoms with Gasteiger partial charge in [-0.25, -0.2) is 13.1 Å². The molecule has 8 nitrogen and oxygen atoms in total. The molecule has 2 aromatic carbocycles. The number of sulfonamides is 1. The first-order valence-electron chi connectivity index (χ1n) is 10.7. The molecule has 0 fully saturated rings. The van der Waals surface area contributed by atoms with E-state index in [1.807, 2.05) is 65.4 Å². The van der Waals surface area contributed by atoms with Gasteiger partial charge in [0.05, 0.1) is 10.9 Å². The molecule has 0 spiro atoms. The van der Waals surface area contributed by atoms with Gasteiger partial charge in [0, 0.05) is 18.3 Å². The minimum atomic E-state index is -3.79. The number of pyridine rings is 1. The van der Waals surface area contributed by atoms with E-state index in [1.165, 1.54) is 12.1 Å². The van der Waals surface area contributed by atoms with Crippen LogP contribution in [0.5, 0.6) is 0 Å². The normalized spacial score (nSPS) is 12.5. The Morgan fingerprint density at radius 1 is 1.03 bits per heavy atom. The van der Waals surface area contributed by atoms with Gasteiger partial charge in [-0.15, -0.1) is 10.2 Å². The fourth-order valence-corrected chi connectivity index (χ4v) is 5.04. The van der Waals surface area contributed by atoms with Crippen LogP contribution in [0.2, 0.25) is 0 Å². The van der Waals surface area contributed by atoms with Gasteiger partial charge in [-0.1, -0.05) is 42.5 Å². The van der Waals surface area contributed by atoms with Crippen LogP contribution in [0, 0.1) is 0 Å². The first-order valence-corrected chi connectivity index (χ1v) is 13.6. The van der Waals surface area contributed by atoms with Gasteiger partial charge < -0.3 is 5.32 Å². The Labute approximate surface area is 202 Å². The summed E-state index contributed by atoms with van der Waals surface area (Å²) in [6, 6.07) is 20.5. The van der Waals surface area contributed by atoms with E-state index in [0.29, 0.717) is 17.9 Å². The number of rotatable bonds is 10. The van der Waals surface area contributed by atoms with Crippen molar-refractivity contribution in [3.8, 4) is 0 Å². The van der Waals surface area contributed by atoms with Crippen molar-refractivity contribution in [2.24, 2.45) is 0 Å². The minimum Gasteiger partial charge on any atom is -0.342 e. The molecule has 0 saturated carbocycles. The number of hydrogen-bond donors (Lipinski definition) is 2. The number of amides is 1. The molecular weight excluding hydrogens is 470 g/mol. The van der Waals surface area contributed by atoms with Crippen molar-refractivity contribution in [3.05, 3.63) is 95.9 Å². The van der Waals surface area contributed by atoms with E-state index >= 15 is 0 Å². The highest BCUT2D eigenvalue weighted by Crippen LogP contribution is 2.20. The Hall–Kier alpha value is -3.21. The average Bonchev–Trinajstić information content (AvgIpc) is 3.30. The number of carbonyl (C=O) groups is 1. The summed E-state index contributed by atoms with van der Waals surface area (Å²) in [5.74, 6) is 1.06. The van der Waals surface area contributed by atoms with Crippen molar-refractivity contribution in [1.29, 1.82) is 0 Å². The molecule has 1 unspecified atom stereocenters. The molecule has 4 aromatic rings. The van der Waals surface area contributed by atoms with Gasteiger partial charge in [0.15, 0.2) is 11.5 Å². The highest BCUT2D eigenvalue weighted by molar-refractivity contribution is 7.98. The van der Waals surface area contributed by atoms with Crippen molar-refractivity contribution >= 4 is 33.3 Å². The molecule has 0 radical (unpaired) electrons. The predicted octanol–water partition coefficient (Wildman–Crippen LogP) is 3.43. The Morgan fingerprint density at radius 2 is 1.82 bits per heavy atom. The van der Waals surface area contributed by atoms with E-state index in [0.717, 1.165) is 11.3 Å². The molecule has 2 N–H and O–H groups in total. The first-order chi connectivity index (χ1) is 16.5. The van der Waals surface area contributed by atoms with Crippen molar-refractivity contribution in [2.75, 3.05) is 12.0 Å². The molecule has 10 heteroatoms. The van der Waals surface area contributed by atoms with Crippen LogP contribution >= 0.6 is 11.8 Å². The van der Waals surface area contributed by atoms with Gasteiger partial charge in [0.2, 0.25) is 10.0 Å². The molecule has 0 bridgehead atoms. The van der Waals surface area contributed by atoms with E-state index < -0.39 is 10.0 Å². The number of thioether (sulfide) groups is 1. The zero-order valence-electron chi connectivity index (χ0n) is 18.6. The Morgan fingerprint density at radius 3 is 2.62 bits per heavy atom. The van der Waals surface area contributed by atoms with Crippen LogP contribution in [0.1, 0.15) is 34.2 Å². The Bertz CT molecular complexity index is 1370. The van der Waals surface area contributed by atoms with Gasteiger partial charge in [-0.2, -0.15) is 11.8 Å². The molecule has 0 saturated heterocycles. The van der Waals surface area contributed by atoms with Crippen LogP contribution in [0.25, 0.3) is 5.65 Å². The summed E-state index contributed by atoms with van der Waals surface area (Å²) >= 11 is 1.67. The molecule has 34 heavy (non-hydrogen) atoms. The third-order valence-electron chi connectivity index (χ3n) is 5.28. The van der Waals surface area contributed by atoms with Crippen LogP contribution in [0.3, 0.4) is 0 Å². The van der Waals surface area contributed by atoms with Crippen LogP contribution in [-0.4, -0.2) is 40.9 Å². The molecule has 2 aromatic heterocycles. The second kappa shape index (κ2) is 10.8. The number of carbonyl (C=O) groups excluding carboxylic acids is 1. The molecule has 0 aliphatic carbocycles. The Kier molecular flexibility index (Phi) is 7.61. The zero-order chi connectivity index (χ0) is 24.0. The second-order valence-corrected chi connectivity index (χ2v) is 10.4. The zero-order valence-corrected chi connectivity index (χ0v) is 20.2. The van der Waals surface area contributed by atoms with Crippen molar-refractivity contribution in [1.82, 2.24) is 24.6 Å². The quantitative estimate of drug-likeness (QED) is 0.349. The molecule has 0 aliphatic heterocycles. The standard InChI is InChI=1S/C24H25N5O3S2/c1-33-15-13-21(23-28-27-22-12-5-6-14-29(22)23)26-24(30)19-10-7-11-20(16-19)34(31,32)25-17-18-8-3-2-4-9-18/h2-12,14,16,21,25H,13,15,17H2,1H3,(H,26,30). The van der Waals surface area contributed by atoms with E-state index in [9.17, 15) is 13.2 Å². The molecule has 0 aliphatic rings. The SMILES string of the molecule is CSCCC(NC(=O)c1cccc(S(=O)(=O)NCc2ccccc2)c1)c1nnc2ccccn12. The molecular formula is C24H25N5O3S2. The summed E-state index contributed by atoms with van der Waals surface area (Å²) in [5.41, 5.74) is 1.79. The average molecular weight is 496 g/mol. The van der Waals surface area contributed by atoms with Crippen molar-refractivity contribution in [2.45, 2.75) is 23.9 Å². The van der Waals surface area contributed by atoms with Gasteiger partial charge in [-0.05, 0) is 54.3 Å². The summed E-state index contributed by atoms with van der Waals surface area (Å²) in [7, 11) is -3.79. The Balaban J connectivity index is 1.53. The monoisotopic (exact) mass is 495 g/mol. The highest BCUT2D eigenvalue weighted by Gasteiger charge is 2.22. The second-order valence-electron chi connectivity index (χ2n) is 7.63. The van der Waals surface area contributed by atoms with E-state index in [-0.39, 0.29) is 29.0 Å². The number of fused-ring (bicyclic) bond motifs is 1. The van der Waals surface area contributed by atoms with Gasteiger partial charge >= 0.3 is 0 Å². The third-order valence-corrected chi connectivity index (χ3v) is 7.33. The lowest BCUT2D eigenvalue weighted by molar-refractivity contribution is 0.0933. The number of nitrogens with one attached hydrogen (secondary N) is 2. The van der Waals surface area contributed by atoms with E-state index in [2.05, 4.69) is 20.2 Å². The maximum atomic E-state index is 13.1. The summed E-state index contributed by atoms with van der Waals surface area (Å²) in [4.78, 5) is 13.1. The summed E-state index contributed by atoms with van der Waals surface area (Å²) < 4.78 is 30.1.